The summed E-state index contributed by atoms with van der Waals surface area (Å²) in [5, 5.41) is 27.2. The summed E-state index contributed by atoms with van der Waals surface area (Å²) >= 11 is 5.80. The molecule has 0 bridgehead atoms. The van der Waals surface area contributed by atoms with Crippen molar-refractivity contribution in [1.29, 1.82) is 0 Å². The molecule has 2 aromatic carbocycles. The van der Waals surface area contributed by atoms with Crippen LogP contribution in [0, 0.1) is 16.0 Å². The SMILES string of the molecule is O=C1NCC(c2ccccc2)C1C(=O)N/N=C\c1cc(Cl)cc([N+](=O)[O-])c1O. The lowest BCUT2D eigenvalue weighted by Crippen LogP contribution is -2.34. The van der Waals surface area contributed by atoms with Crippen molar-refractivity contribution in [1.82, 2.24) is 10.7 Å². The Hall–Kier alpha value is -3.46. The number of amides is 2. The molecule has 0 spiro atoms. The van der Waals surface area contributed by atoms with Gasteiger partial charge in [0.15, 0.2) is 0 Å². The monoisotopic (exact) mass is 402 g/mol. The molecule has 1 heterocycles. The molecule has 0 aromatic heterocycles. The summed E-state index contributed by atoms with van der Waals surface area (Å²) in [6.07, 6.45) is 1.02. The number of halogens is 1. The number of hydrogen-bond donors (Lipinski definition) is 3. The lowest BCUT2D eigenvalue weighted by Gasteiger charge is -2.15. The smallest absolute Gasteiger partial charge is 0.312 e. The number of phenolic OH excluding ortho intramolecular Hbond substituents is 1. The number of carbonyl (C=O) groups excluding carboxylic acids is 2. The fourth-order valence-corrected chi connectivity index (χ4v) is 3.23. The molecule has 3 N–H and O–H groups in total. The minimum atomic E-state index is -0.971. The number of phenols is 1. The van der Waals surface area contributed by atoms with Gasteiger partial charge in [-0.15, -0.1) is 0 Å². The van der Waals surface area contributed by atoms with Gasteiger partial charge in [0.05, 0.1) is 11.1 Å². The van der Waals surface area contributed by atoms with Crippen LogP contribution >= 0.6 is 11.6 Å². The third kappa shape index (κ3) is 3.94. The molecule has 0 saturated carbocycles. The Morgan fingerprint density at radius 3 is 2.75 bits per heavy atom. The molecular formula is C18H15ClN4O5. The third-order valence-corrected chi connectivity index (χ3v) is 4.57. The number of nitro benzene ring substituents is 1. The minimum Gasteiger partial charge on any atom is -0.502 e. The number of rotatable bonds is 5. The van der Waals surface area contributed by atoms with E-state index in [2.05, 4.69) is 15.8 Å². The van der Waals surface area contributed by atoms with Gasteiger partial charge in [0, 0.05) is 29.1 Å². The van der Waals surface area contributed by atoms with Crippen molar-refractivity contribution in [2.45, 2.75) is 5.92 Å². The minimum absolute atomic E-state index is 0.0246. The molecule has 1 aliphatic heterocycles. The van der Waals surface area contributed by atoms with Crippen LogP contribution in [0.5, 0.6) is 5.75 Å². The molecule has 10 heteroatoms. The van der Waals surface area contributed by atoms with E-state index in [9.17, 15) is 24.8 Å². The fraction of sp³-hybridized carbons (Fsp3) is 0.167. The summed E-state index contributed by atoms with van der Waals surface area (Å²) in [7, 11) is 0. The average Bonchev–Trinajstić information content (AvgIpc) is 3.06. The maximum Gasteiger partial charge on any atom is 0.312 e. The maximum atomic E-state index is 12.5. The molecule has 2 aromatic rings. The van der Waals surface area contributed by atoms with E-state index in [1.165, 1.54) is 6.07 Å². The van der Waals surface area contributed by atoms with Gasteiger partial charge in [-0.3, -0.25) is 19.7 Å². The van der Waals surface area contributed by atoms with Crippen molar-refractivity contribution < 1.29 is 19.6 Å². The Labute approximate surface area is 164 Å². The molecule has 1 fully saturated rings. The van der Waals surface area contributed by atoms with Crippen molar-refractivity contribution in [2.75, 3.05) is 6.54 Å². The first-order chi connectivity index (χ1) is 13.4. The van der Waals surface area contributed by atoms with Gasteiger partial charge in [-0.1, -0.05) is 41.9 Å². The van der Waals surface area contributed by atoms with Gasteiger partial charge in [-0.2, -0.15) is 5.10 Å². The van der Waals surface area contributed by atoms with Gasteiger partial charge in [-0.25, -0.2) is 5.43 Å². The van der Waals surface area contributed by atoms with Crippen molar-refractivity contribution in [3.8, 4) is 5.75 Å². The molecule has 2 amide bonds. The number of aromatic hydroxyl groups is 1. The average molecular weight is 403 g/mol. The molecule has 2 atom stereocenters. The van der Waals surface area contributed by atoms with E-state index < -0.39 is 34.1 Å². The predicted octanol–water partition coefficient (Wildman–Crippen LogP) is 1.93. The molecular weight excluding hydrogens is 388 g/mol. The van der Waals surface area contributed by atoms with Gasteiger partial charge in [0.25, 0.3) is 5.91 Å². The van der Waals surface area contributed by atoms with E-state index in [1.807, 2.05) is 30.3 Å². The first kappa shape index (κ1) is 19.3. The van der Waals surface area contributed by atoms with E-state index in [0.29, 0.717) is 6.54 Å². The Morgan fingerprint density at radius 1 is 1.36 bits per heavy atom. The van der Waals surface area contributed by atoms with Crippen LogP contribution in [-0.2, 0) is 9.59 Å². The highest BCUT2D eigenvalue weighted by Gasteiger charge is 2.40. The predicted molar refractivity (Wildman–Crippen MR) is 101 cm³/mol. The van der Waals surface area contributed by atoms with Gasteiger partial charge in [0.1, 0.15) is 5.92 Å². The summed E-state index contributed by atoms with van der Waals surface area (Å²) in [5.41, 5.74) is 2.46. The maximum absolute atomic E-state index is 12.5. The van der Waals surface area contributed by atoms with Crippen LogP contribution in [0.25, 0.3) is 0 Å². The lowest BCUT2D eigenvalue weighted by atomic mass is 9.88. The Kier molecular flexibility index (Phi) is 5.55. The Bertz CT molecular complexity index is 964. The number of hydrogen-bond acceptors (Lipinski definition) is 6. The summed E-state index contributed by atoms with van der Waals surface area (Å²) < 4.78 is 0. The molecule has 144 valence electrons. The zero-order valence-corrected chi connectivity index (χ0v) is 15.1. The number of benzene rings is 2. The van der Waals surface area contributed by atoms with Crippen LogP contribution < -0.4 is 10.7 Å². The molecule has 9 nitrogen and oxygen atoms in total. The van der Waals surface area contributed by atoms with Crippen LogP contribution in [-0.4, -0.2) is 34.6 Å². The van der Waals surface area contributed by atoms with E-state index in [-0.39, 0.29) is 16.5 Å². The van der Waals surface area contributed by atoms with Crippen LogP contribution in [0.2, 0.25) is 5.02 Å². The highest BCUT2D eigenvalue weighted by Crippen LogP contribution is 2.32. The summed E-state index contributed by atoms with van der Waals surface area (Å²) in [6.45, 7) is 0.325. The number of nitro groups is 1. The first-order valence-electron chi connectivity index (χ1n) is 8.21. The summed E-state index contributed by atoms with van der Waals surface area (Å²) in [5.74, 6) is -2.99. The molecule has 2 unspecified atom stereocenters. The van der Waals surface area contributed by atoms with E-state index in [1.54, 1.807) is 0 Å². The second-order valence-electron chi connectivity index (χ2n) is 6.09. The van der Waals surface area contributed by atoms with Gasteiger partial charge in [-0.05, 0) is 11.6 Å². The number of nitrogens with one attached hydrogen (secondary N) is 2. The topological polar surface area (TPSA) is 134 Å². The largest absolute Gasteiger partial charge is 0.502 e. The van der Waals surface area contributed by atoms with Crippen LogP contribution in [0.15, 0.2) is 47.6 Å². The van der Waals surface area contributed by atoms with Crippen molar-refractivity contribution in [3.63, 3.8) is 0 Å². The second-order valence-corrected chi connectivity index (χ2v) is 6.53. The standard InChI is InChI=1S/C18H15ClN4O5/c19-12-6-11(16(24)14(7-12)23(27)28)8-21-22-18(26)15-13(9-20-17(15)25)10-4-2-1-3-5-10/h1-8,13,15,24H,9H2,(H,20,25)(H,22,26)/b21-8-. The molecule has 0 radical (unpaired) electrons. The molecule has 0 aliphatic carbocycles. The number of hydrazone groups is 1. The fourth-order valence-electron chi connectivity index (χ4n) is 3.01. The Morgan fingerprint density at radius 2 is 2.07 bits per heavy atom. The van der Waals surface area contributed by atoms with Crippen molar-refractivity contribution >= 4 is 35.3 Å². The van der Waals surface area contributed by atoms with E-state index in [0.717, 1.165) is 17.8 Å². The molecule has 1 aliphatic rings. The highest BCUT2D eigenvalue weighted by molar-refractivity contribution is 6.31. The quantitative estimate of drug-likeness (QED) is 0.304. The zero-order chi connectivity index (χ0) is 20.3. The molecule has 3 rings (SSSR count). The van der Waals surface area contributed by atoms with Gasteiger partial charge >= 0.3 is 5.69 Å². The van der Waals surface area contributed by atoms with Gasteiger partial charge in [0.2, 0.25) is 11.7 Å². The second kappa shape index (κ2) is 8.05. The first-order valence-corrected chi connectivity index (χ1v) is 8.58. The van der Waals surface area contributed by atoms with Crippen molar-refractivity contribution in [2.24, 2.45) is 11.0 Å². The Balaban J connectivity index is 1.76. The molecule has 1 saturated heterocycles. The zero-order valence-electron chi connectivity index (χ0n) is 14.3. The summed E-state index contributed by atoms with van der Waals surface area (Å²) in [4.78, 5) is 34.7. The highest BCUT2D eigenvalue weighted by atomic mass is 35.5. The van der Waals surface area contributed by atoms with Crippen LogP contribution in [0.1, 0.15) is 17.0 Å². The normalized spacial score (nSPS) is 18.8. The van der Waals surface area contributed by atoms with E-state index in [4.69, 9.17) is 11.6 Å². The van der Waals surface area contributed by atoms with E-state index >= 15 is 0 Å². The van der Waals surface area contributed by atoms with Crippen LogP contribution in [0.3, 0.4) is 0 Å². The molecule has 28 heavy (non-hydrogen) atoms. The third-order valence-electron chi connectivity index (χ3n) is 4.35. The van der Waals surface area contributed by atoms with Crippen molar-refractivity contribution in [3.05, 3.63) is 68.7 Å². The lowest BCUT2D eigenvalue weighted by molar-refractivity contribution is -0.385. The number of nitrogens with zero attached hydrogens (tertiary/aromatic N) is 2. The van der Waals surface area contributed by atoms with Gasteiger partial charge < -0.3 is 10.4 Å². The summed E-state index contributed by atoms with van der Waals surface area (Å²) in [6, 6.07) is 11.4. The van der Waals surface area contributed by atoms with Crippen LogP contribution in [0.4, 0.5) is 5.69 Å². The number of carbonyl (C=O) groups is 2.